The van der Waals surface area contributed by atoms with Crippen LogP contribution < -0.4 is 0 Å². The SMILES string of the molecule is C=CC(CSc1ccc(C)cc1)(CC(C)=O)OC. The number of Topliss-reactive ketones (excluding diaryl/α,β-unsaturated/α-hetero) is 1. The second kappa shape index (κ2) is 6.76. The lowest BCUT2D eigenvalue weighted by atomic mass is 10.00. The number of ketones is 1. The normalized spacial score (nSPS) is 13.9. The van der Waals surface area contributed by atoms with Crippen molar-refractivity contribution in [2.24, 2.45) is 0 Å². The Balaban J connectivity index is 2.70. The molecule has 0 saturated heterocycles. The summed E-state index contributed by atoms with van der Waals surface area (Å²) in [4.78, 5) is 12.5. The molecule has 18 heavy (non-hydrogen) atoms. The molecule has 1 atom stereocenters. The molecule has 0 aromatic heterocycles. The molecule has 0 bridgehead atoms. The zero-order valence-corrected chi connectivity index (χ0v) is 12.0. The second-order valence-corrected chi connectivity index (χ2v) is 5.50. The Kier molecular flexibility index (Phi) is 5.63. The van der Waals surface area contributed by atoms with Crippen LogP contribution in [0.5, 0.6) is 0 Å². The molecule has 0 saturated carbocycles. The molecular weight excluding hydrogens is 244 g/mol. The molecule has 0 radical (unpaired) electrons. The Morgan fingerprint density at radius 2 is 2.06 bits per heavy atom. The second-order valence-electron chi connectivity index (χ2n) is 4.45. The van der Waals surface area contributed by atoms with Crippen molar-refractivity contribution in [1.82, 2.24) is 0 Å². The standard InChI is InChI=1S/C15H20O2S/c1-5-15(17-4,10-13(3)16)11-18-14-8-6-12(2)7-9-14/h5-9H,1,10-11H2,2-4H3. The molecule has 3 heteroatoms. The average Bonchev–Trinajstić information content (AvgIpc) is 2.36. The van der Waals surface area contributed by atoms with Gasteiger partial charge in [-0.05, 0) is 26.0 Å². The van der Waals surface area contributed by atoms with E-state index in [2.05, 4.69) is 37.8 Å². The largest absolute Gasteiger partial charge is 0.373 e. The Labute approximate surface area is 113 Å². The number of carbonyl (C=O) groups is 1. The molecule has 0 aliphatic carbocycles. The minimum Gasteiger partial charge on any atom is -0.373 e. The molecule has 1 aromatic carbocycles. The average molecular weight is 264 g/mol. The quantitative estimate of drug-likeness (QED) is 0.555. The molecular formula is C15H20O2S. The molecule has 0 spiro atoms. The summed E-state index contributed by atoms with van der Waals surface area (Å²) in [7, 11) is 1.63. The molecule has 0 heterocycles. The first-order valence-corrected chi connectivity index (χ1v) is 6.87. The van der Waals surface area contributed by atoms with Crippen LogP contribution in [0.1, 0.15) is 18.9 Å². The topological polar surface area (TPSA) is 26.3 Å². The van der Waals surface area contributed by atoms with Crippen molar-refractivity contribution in [3.05, 3.63) is 42.5 Å². The van der Waals surface area contributed by atoms with Gasteiger partial charge in [0.25, 0.3) is 0 Å². The van der Waals surface area contributed by atoms with E-state index in [4.69, 9.17) is 4.74 Å². The maximum atomic E-state index is 11.3. The van der Waals surface area contributed by atoms with Crippen LogP contribution in [0.2, 0.25) is 0 Å². The highest BCUT2D eigenvalue weighted by atomic mass is 32.2. The van der Waals surface area contributed by atoms with Gasteiger partial charge in [-0.25, -0.2) is 0 Å². The zero-order chi connectivity index (χ0) is 13.6. The lowest BCUT2D eigenvalue weighted by Gasteiger charge is -2.27. The number of rotatable bonds is 7. The molecule has 0 N–H and O–H groups in total. The van der Waals surface area contributed by atoms with E-state index in [-0.39, 0.29) is 5.78 Å². The lowest BCUT2D eigenvalue weighted by molar-refractivity contribution is -0.120. The molecule has 0 fully saturated rings. The number of carbonyl (C=O) groups excluding carboxylic acids is 1. The van der Waals surface area contributed by atoms with E-state index in [9.17, 15) is 4.79 Å². The first-order valence-electron chi connectivity index (χ1n) is 5.89. The van der Waals surface area contributed by atoms with Gasteiger partial charge >= 0.3 is 0 Å². The summed E-state index contributed by atoms with van der Waals surface area (Å²) in [6, 6.07) is 8.32. The van der Waals surface area contributed by atoms with Crippen LogP contribution >= 0.6 is 11.8 Å². The van der Waals surface area contributed by atoms with Crippen molar-refractivity contribution in [2.75, 3.05) is 12.9 Å². The Morgan fingerprint density at radius 1 is 1.44 bits per heavy atom. The monoisotopic (exact) mass is 264 g/mol. The minimum absolute atomic E-state index is 0.112. The zero-order valence-electron chi connectivity index (χ0n) is 11.2. The molecule has 0 amide bonds. The van der Waals surface area contributed by atoms with Crippen LogP contribution in [0.25, 0.3) is 0 Å². The highest BCUT2D eigenvalue weighted by Crippen LogP contribution is 2.28. The van der Waals surface area contributed by atoms with E-state index in [0.29, 0.717) is 12.2 Å². The molecule has 1 rings (SSSR count). The molecule has 0 aliphatic rings. The Hall–Kier alpha value is -1.06. The fourth-order valence-electron chi connectivity index (χ4n) is 1.66. The summed E-state index contributed by atoms with van der Waals surface area (Å²) in [6.45, 7) is 7.43. The fraction of sp³-hybridized carbons (Fsp3) is 0.400. The van der Waals surface area contributed by atoms with E-state index in [1.165, 1.54) is 10.5 Å². The van der Waals surface area contributed by atoms with Crippen LogP contribution in [-0.2, 0) is 9.53 Å². The van der Waals surface area contributed by atoms with Gasteiger partial charge in [0.15, 0.2) is 0 Å². The van der Waals surface area contributed by atoms with Crippen LogP contribution in [0, 0.1) is 6.92 Å². The summed E-state index contributed by atoms with van der Waals surface area (Å²) in [5, 5.41) is 0. The van der Waals surface area contributed by atoms with Crippen molar-refractivity contribution < 1.29 is 9.53 Å². The maximum absolute atomic E-state index is 11.3. The highest BCUT2D eigenvalue weighted by Gasteiger charge is 2.28. The molecule has 1 aromatic rings. The Morgan fingerprint density at radius 3 is 2.50 bits per heavy atom. The molecule has 2 nitrogen and oxygen atoms in total. The predicted molar refractivity (Wildman–Crippen MR) is 77.1 cm³/mol. The van der Waals surface area contributed by atoms with Crippen molar-refractivity contribution in [3.8, 4) is 0 Å². The van der Waals surface area contributed by atoms with Crippen LogP contribution in [0.4, 0.5) is 0 Å². The lowest BCUT2D eigenvalue weighted by Crippen LogP contribution is -2.34. The first-order chi connectivity index (χ1) is 8.51. The number of hydrogen-bond donors (Lipinski definition) is 0. The number of methoxy groups -OCH3 is 1. The fourth-order valence-corrected chi connectivity index (χ4v) is 2.74. The molecule has 98 valence electrons. The Bertz CT molecular complexity index is 411. The van der Waals surface area contributed by atoms with Crippen molar-refractivity contribution >= 4 is 17.5 Å². The first kappa shape index (κ1) is 15.0. The van der Waals surface area contributed by atoms with E-state index in [0.717, 1.165) is 0 Å². The van der Waals surface area contributed by atoms with E-state index in [1.54, 1.807) is 31.9 Å². The minimum atomic E-state index is -0.568. The van der Waals surface area contributed by atoms with Gasteiger partial charge in [-0.1, -0.05) is 23.8 Å². The van der Waals surface area contributed by atoms with Gasteiger partial charge in [0, 0.05) is 24.2 Å². The van der Waals surface area contributed by atoms with Gasteiger partial charge in [0.1, 0.15) is 11.4 Å². The maximum Gasteiger partial charge on any atom is 0.133 e. The third-order valence-corrected chi connectivity index (χ3v) is 4.07. The van der Waals surface area contributed by atoms with Gasteiger partial charge in [-0.2, -0.15) is 0 Å². The van der Waals surface area contributed by atoms with Gasteiger partial charge in [0.2, 0.25) is 0 Å². The van der Waals surface area contributed by atoms with Crippen molar-refractivity contribution in [1.29, 1.82) is 0 Å². The summed E-state index contributed by atoms with van der Waals surface area (Å²) in [5.74, 6) is 0.802. The van der Waals surface area contributed by atoms with Crippen LogP contribution in [0.15, 0.2) is 41.8 Å². The third kappa shape index (κ3) is 4.31. The third-order valence-electron chi connectivity index (χ3n) is 2.83. The van der Waals surface area contributed by atoms with E-state index < -0.39 is 5.60 Å². The number of ether oxygens (including phenoxy) is 1. The van der Waals surface area contributed by atoms with Crippen molar-refractivity contribution in [3.63, 3.8) is 0 Å². The molecule has 1 unspecified atom stereocenters. The summed E-state index contributed by atoms with van der Waals surface area (Å²) < 4.78 is 5.48. The van der Waals surface area contributed by atoms with Crippen LogP contribution in [-0.4, -0.2) is 24.2 Å². The summed E-state index contributed by atoms with van der Waals surface area (Å²) in [5.41, 5.74) is 0.672. The van der Waals surface area contributed by atoms with Gasteiger partial charge in [0.05, 0.1) is 0 Å². The van der Waals surface area contributed by atoms with Crippen LogP contribution in [0.3, 0.4) is 0 Å². The number of thioether (sulfide) groups is 1. The number of benzene rings is 1. The number of hydrogen-bond acceptors (Lipinski definition) is 3. The molecule has 0 aliphatic heterocycles. The van der Waals surface area contributed by atoms with Gasteiger partial charge in [-0.15, -0.1) is 18.3 Å². The summed E-state index contributed by atoms with van der Waals surface area (Å²) >= 11 is 1.68. The highest BCUT2D eigenvalue weighted by molar-refractivity contribution is 7.99. The van der Waals surface area contributed by atoms with Gasteiger partial charge in [-0.3, -0.25) is 4.79 Å². The predicted octanol–water partition coefficient (Wildman–Crippen LogP) is 3.64. The summed E-state index contributed by atoms with van der Waals surface area (Å²) in [6.07, 6.45) is 2.10. The van der Waals surface area contributed by atoms with Gasteiger partial charge < -0.3 is 4.74 Å². The van der Waals surface area contributed by atoms with E-state index in [1.807, 2.05) is 0 Å². The number of aryl methyl sites for hydroxylation is 1. The van der Waals surface area contributed by atoms with E-state index >= 15 is 0 Å². The smallest absolute Gasteiger partial charge is 0.133 e. The van der Waals surface area contributed by atoms with Crippen molar-refractivity contribution in [2.45, 2.75) is 30.8 Å².